The van der Waals surface area contributed by atoms with E-state index in [-0.39, 0.29) is 19.4 Å². The van der Waals surface area contributed by atoms with Gasteiger partial charge in [0.2, 0.25) is 0 Å². The molecule has 1 N–H and O–H groups in total. The number of carbonyl (C=O) groups is 2. The van der Waals surface area contributed by atoms with Gasteiger partial charge in [-0.1, -0.05) is 38.6 Å². The maximum Gasteiger partial charge on any atom is 0.320 e. The quantitative estimate of drug-likeness (QED) is 0.475. The molecule has 2 aromatic rings. The maximum atomic E-state index is 13.1. The number of pyridine rings is 1. The van der Waals surface area contributed by atoms with E-state index in [4.69, 9.17) is 0 Å². The molecule has 2 fully saturated rings. The monoisotopic (exact) mass is 549 g/mol. The SMILES string of the molecule is C.C[C@H](CN1CCc2ccccc2C1)CN1CCN(Cc2ccc(N3CCC(C(C)(C)C(=O)O)CC3)cn2)C1=O. The van der Waals surface area contributed by atoms with Gasteiger partial charge in [-0.2, -0.15) is 0 Å². The molecular formula is C32H47N5O3. The second-order valence-electron chi connectivity index (χ2n) is 12.3. The molecule has 0 spiro atoms. The topological polar surface area (TPSA) is 80.2 Å². The average molecular weight is 550 g/mol. The second kappa shape index (κ2) is 12.6. The summed E-state index contributed by atoms with van der Waals surface area (Å²) in [6, 6.07) is 12.9. The van der Waals surface area contributed by atoms with E-state index >= 15 is 0 Å². The van der Waals surface area contributed by atoms with Crippen LogP contribution in [0.5, 0.6) is 0 Å². The molecule has 218 valence electrons. The summed E-state index contributed by atoms with van der Waals surface area (Å²) >= 11 is 0. The van der Waals surface area contributed by atoms with Gasteiger partial charge in [0.15, 0.2) is 0 Å². The summed E-state index contributed by atoms with van der Waals surface area (Å²) in [7, 11) is 0. The van der Waals surface area contributed by atoms with E-state index < -0.39 is 11.4 Å². The molecule has 1 atom stereocenters. The lowest BCUT2D eigenvalue weighted by atomic mass is 9.73. The zero-order chi connectivity index (χ0) is 27.6. The van der Waals surface area contributed by atoms with E-state index in [1.54, 1.807) is 0 Å². The molecular weight excluding hydrogens is 502 g/mol. The number of aromatic nitrogens is 1. The number of carbonyl (C=O) groups excluding carboxylic acids is 1. The van der Waals surface area contributed by atoms with E-state index in [1.165, 1.54) is 11.1 Å². The van der Waals surface area contributed by atoms with Crippen molar-refractivity contribution in [3.63, 3.8) is 0 Å². The number of carboxylic acids is 1. The van der Waals surface area contributed by atoms with E-state index in [1.807, 2.05) is 35.9 Å². The smallest absolute Gasteiger partial charge is 0.320 e. The molecule has 0 bridgehead atoms. The van der Waals surface area contributed by atoms with Crippen LogP contribution in [0.3, 0.4) is 0 Å². The largest absolute Gasteiger partial charge is 0.481 e. The van der Waals surface area contributed by atoms with Crippen LogP contribution in [-0.2, 0) is 24.3 Å². The Bertz CT molecular complexity index is 1160. The van der Waals surface area contributed by atoms with E-state index in [0.29, 0.717) is 12.5 Å². The number of carboxylic acid groups (broad SMARTS) is 1. The summed E-state index contributed by atoms with van der Waals surface area (Å²) < 4.78 is 0. The molecule has 3 aliphatic rings. The van der Waals surface area contributed by atoms with Gasteiger partial charge < -0.3 is 19.8 Å². The van der Waals surface area contributed by atoms with Gasteiger partial charge in [-0.05, 0) is 68.2 Å². The summed E-state index contributed by atoms with van der Waals surface area (Å²) in [5, 5.41) is 9.54. The predicted molar refractivity (Wildman–Crippen MR) is 159 cm³/mol. The first-order valence-electron chi connectivity index (χ1n) is 14.5. The van der Waals surface area contributed by atoms with Gasteiger partial charge in [-0.25, -0.2) is 4.79 Å². The number of hydrogen-bond donors (Lipinski definition) is 1. The van der Waals surface area contributed by atoms with Crippen LogP contribution in [0.15, 0.2) is 42.6 Å². The fourth-order valence-electron chi connectivity index (χ4n) is 6.46. The molecule has 8 heteroatoms. The lowest BCUT2D eigenvalue weighted by Crippen LogP contribution is -2.42. The third-order valence-electron chi connectivity index (χ3n) is 9.09. The minimum absolute atomic E-state index is 0. The van der Waals surface area contributed by atoms with Crippen LogP contribution in [0, 0.1) is 17.3 Å². The molecule has 8 nitrogen and oxygen atoms in total. The highest BCUT2D eigenvalue weighted by Crippen LogP contribution is 2.36. The van der Waals surface area contributed by atoms with Crippen molar-refractivity contribution in [3.8, 4) is 0 Å². The first-order chi connectivity index (χ1) is 18.7. The number of fused-ring (bicyclic) bond motifs is 1. The highest BCUT2D eigenvalue weighted by molar-refractivity contribution is 5.76. The number of aliphatic carboxylic acids is 1. The van der Waals surface area contributed by atoms with Crippen molar-refractivity contribution in [3.05, 3.63) is 59.4 Å². The fourth-order valence-corrected chi connectivity index (χ4v) is 6.46. The molecule has 0 radical (unpaired) electrons. The van der Waals surface area contributed by atoms with Gasteiger partial charge in [-0.15, -0.1) is 0 Å². The zero-order valence-electron chi connectivity index (χ0n) is 23.7. The van der Waals surface area contributed by atoms with Crippen LogP contribution in [0.4, 0.5) is 10.5 Å². The van der Waals surface area contributed by atoms with Crippen molar-refractivity contribution in [2.45, 2.75) is 60.5 Å². The van der Waals surface area contributed by atoms with Gasteiger partial charge in [0.25, 0.3) is 0 Å². The summed E-state index contributed by atoms with van der Waals surface area (Å²) in [5.41, 5.74) is 4.18. The number of benzene rings is 1. The normalized spacial score (nSPS) is 19.4. The Morgan fingerprint density at radius 3 is 2.38 bits per heavy atom. The number of anilines is 1. The van der Waals surface area contributed by atoms with Gasteiger partial charge in [0.05, 0.1) is 29.5 Å². The minimum atomic E-state index is -0.718. The Hall–Kier alpha value is -3.13. The molecule has 4 heterocycles. The van der Waals surface area contributed by atoms with Crippen molar-refractivity contribution < 1.29 is 14.7 Å². The second-order valence-corrected chi connectivity index (χ2v) is 12.3. The van der Waals surface area contributed by atoms with Crippen molar-refractivity contribution >= 4 is 17.7 Å². The molecule has 1 aromatic heterocycles. The summed E-state index contributed by atoms with van der Waals surface area (Å²) in [5.74, 6) is -0.117. The molecule has 40 heavy (non-hydrogen) atoms. The van der Waals surface area contributed by atoms with Gasteiger partial charge in [0, 0.05) is 52.4 Å². The minimum Gasteiger partial charge on any atom is -0.481 e. The Labute approximate surface area is 240 Å². The first kappa shape index (κ1) is 29.8. The number of urea groups is 1. The average Bonchev–Trinajstić information content (AvgIpc) is 3.27. The van der Waals surface area contributed by atoms with E-state index in [2.05, 4.69) is 52.0 Å². The van der Waals surface area contributed by atoms with Crippen molar-refractivity contribution in [1.29, 1.82) is 0 Å². The summed E-state index contributed by atoms with van der Waals surface area (Å²) in [6.07, 6.45) is 4.73. The van der Waals surface area contributed by atoms with Crippen molar-refractivity contribution in [2.24, 2.45) is 17.3 Å². The third-order valence-corrected chi connectivity index (χ3v) is 9.09. The standard InChI is InChI=1S/C31H43N5O3.CH4/c1-23(19-33-13-10-24-6-4-5-7-25(24)21-33)20-35-16-17-36(30(35)39)22-27-8-9-28(18-32-27)34-14-11-26(12-15-34)31(2,3)29(37)38;/h4-9,18,23,26H,10-17,19-22H2,1-3H3,(H,37,38);1H4/t23-;/m1./s1. The van der Waals surface area contributed by atoms with Gasteiger partial charge in [0.1, 0.15) is 0 Å². The third kappa shape index (κ3) is 6.60. The van der Waals surface area contributed by atoms with Crippen LogP contribution in [0.25, 0.3) is 0 Å². The number of amides is 2. The molecule has 1 aromatic carbocycles. The Morgan fingerprint density at radius 2 is 1.70 bits per heavy atom. The molecule has 5 rings (SSSR count). The first-order valence-corrected chi connectivity index (χ1v) is 14.5. The Balaban J connectivity index is 0.00000370. The highest BCUT2D eigenvalue weighted by atomic mass is 16.4. The number of hydrogen-bond acceptors (Lipinski definition) is 5. The molecule has 3 aliphatic heterocycles. The van der Waals surface area contributed by atoms with E-state index in [0.717, 1.165) is 83.0 Å². The van der Waals surface area contributed by atoms with Crippen LogP contribution in [-0.4, -0.2) is 82.6 Å². The van der Waals surface area contributed by atoms with Crippen LogP contribution in [0.2, 0.25) is 0 Å². The maximum absolute atomic E-state index is 13.1. The Kier molecular flexibility index (Phi) is 9.39. The Morgan fingerprint density at radius 1 is 1.00 bits per heavy atom. The van der Waals surface area contributed by atoms with Crippen LogP contribution < -0.4 is 4.90 Å². The molecule has 2 saturated heterocycles. The molecule has 2 amide bonds. The van der Waals surface area contributed by atoms with E-state index in [9.17, 15) is 14.7 Å². The fraction of sp³-hybridized carbons (Fsp3) is 0.594. The predicted octanol–water partition coefficient (Wildman–Crippen LogP) is 4.98. The highest BCUT2D eigenvalue weighted by Gasteiger charge is 2.38. The number of rotatable bonds is 9. The molecule has 0 unspecified atom stereocenters. The lowest BCUT2D eigenvalue weighted by molar-refractivity contribution is -0.150. The summed E-state index contributed by atoms with van der Waals surface area (Å²) in [6.45, 7) is 13.5. The van der Waals surface area contributed by atoms with Crippen molar-refractivity contribution in [2.75, 3.05) is 50.7 Å². The zero-order valence-corrected chi connectivity index (χ0v) is 23.7. The van der Waals surface area contributed by atoms with Gasteiger partial charge in [-0.3, -0.25) is 14.7 Å². The molecule has 0 aliphatic carbocycles. The lowest BCUT2D eigenvalue weighted by Gasteiger charge is -2.39. The van der Waals surface area contributed by atoms with Crippen LogP contribution in [0.1, 0.15) is 57.9 Å². The van der Waals surface area contributed by atoms with Crippen molar-refractivity contribution in [1.82, 2.24) is 19.7 Å². The molecule has 0 saturated carbocycles. The summed E-state index contributed by atoms with van der Waals surface area (Å²) in [4.78, 5) is 38.1. The van der Waals surface area contributed by atoms with Gasteiger partial charge >= 0.3 is 12.0 Å². The number of nitrogens with zero attached hydrogens (tertiary/aromatic N) is 5. The van der Waals surface area contributed by atoms with Crippen LogP contribution >= 0.6 is 0 Å². The number of piperidine rings is 1.